The predicted molar refractivity (Wildman–Crippen MR) is 79.6 cm³/mol. The van der Waals surface area contributed by atoms with Crippen molar-refractivity contribution >= 4 is 17.3 Å². The summed E-state index contributed by atoms with van der Waals surface area (Å²) in [4.78, 5) is 0. The summed E-state index contributed by atoms with van der Waals surface area (Å²) in [7, 11) is 0. The Balaban J connectivity index is 1.99. The van der Waals surface area contributed by atoms with Gasteiger partial charge in [0.1, 0.15) is 0 Å². The number of alkyl halides is 4. The summed E-state index contributed by atoms with van der Waals surface area (Å²) in [5.41, 5.74) is 1.97. The summed E-state index contributed by atoms with van der Waals surface area (Å²) in [6, 6.07) is 13.0. The second-order valence-corrected chi connectivity index (χ2v) is 5.07. The quantitative estimate of drug-likeness (QED) is 0.757. The normalized spacial score (nSPS) is 11.4. The van der Waals surface area contributed by atoms with Crippen LogP contribution in [0.4, 0.5) is 18.9 Å². The Hall–Kier alpha value is -1.68. The maximum Gasteiger partial charge on any atom is 0.416 e. The van der Waals surface area contributed by atoms with Crippen LogP contribution in [0.5, 0.6) is 0 Å². The first kappa shape index (κ1) is 15.7. The molecule has 2 aromatic carbocycles. The predicted octanol–water partition coefficient (Wildman–Crippen LogP) is 5.10. The van der Waals surface area contributed by atoms with E-state index < -0.39 is 11.7 Å². The molecular formula is C16H15ClF3N. The maximum absolute atomic E-state index is 12.6. The van der Waals surface area contributed by atoms with Gasteiger partial charge in [-0.2, -0.15) is 13.2 Å². The van der Waals surface area contributed by atoms with Crippen LogP contribution in [0.2, 0.25) is 0 Å². The van der Waals surface area contributed by atoms with Crippen LogP contribution in [0.15, 0.2) is 48.5 Å². The van der Waals surface area contributed by atoms with E-state index in [0.29, 0.717) is 18.0 Å². The zero-order valence-electron chi connectivity index (χ0n) is 11.3. The summed E-state index contributed by atoms with van der Waals surface area (Å²) in [5.74, 6) is 0.566. The molecule has 1 N–H and O–H groups in total. The molecule has 0 amide bonds. The number of nitrogens with one attached hydrogen (secondary N) is 1. The molecule has 0 saturated carbocycles. The second kappa shape index (κ2) is 6.85. The molecular weight excluding hydrogens is 299 g/mol. The molecule has 0 aromatic heterocycles. The van der Waals surface area contributed by atoms with Crippen LogP contribution in [-0.4, -0.2) is 5.88 Å². The molecule has 112 valence electrons. The van der Waals surface area contributed by atoms with Crippen molar-refractivity contribution in [3.05, 3.63) is 65.2 Å². The van der Waals surface area contributed by atoms with Crippen molar-refractivity contribution in [2.45, 2.75) is 19.1 Å². The van der Waals surface area contributed by atoms with Crippen LogP contribution in [0.3, 0.4) is 0 Å². The Labute approximate surface area is 126 Å². The lowest BCUT2D eigenvalue weighted by Crippen LogP contribution is -2.06. The molecule has 0 saturated heterocycles. The first-order valence-corrected chi connectivity index (χ1v) is 7.07. The van der Waals surface area contributed by atoms with E-state index in [9.17, 15) is 13.2 Å². The van der Waals surface area contributed by atoms with Gasteiger partial charge in [0.05, 0.1) is 5.56 Å². The molecule has 5 heteroatoms. The SMILES string of the molecule is FC(F)(F)c1cccc(CNc2ccc(CCCl)cc2)c1. The Bertz CT molecular complexity index is 579. The molecule has 0 fully saturated rings. The van der Waals surface area contributed by atoms with Gasteiger partial charge in [-0.25, -0.2) is 0 Å². The number of rotatable bonds is 5. The highest BCUT2D eigenvalue weighted by molar-refractivity contribution is 6.17. The Morgan fingerprint density at radius 3 is 2.29 bits per heavy atom. The summed E-state index contributed by atoms with van der Waals surface area (Å²) < 4.78 is 37.9. The lowest BCUT2D eigenvalue weighted by Gasteiger charge is -2.10. The van der Waals surface area contributed by atoms with Crippen molar-refractivity contribution in [3.63, 3.8) is 0 Å². The van der Waals surface area contributed by atoms with Gasteiger partial charge in [0, 0.05) is 18.1 Å². The van der Waals surface area contributed by atoms with Gasteiger partial charge in [-0.3, -0.25) is 0 Å². The summed E-state index contributed by atoms with van der Waals surface area (Å²) in [6.45, 7) is 0.346. The molecule has 2 rings (SSSR count). The van der Waals surface area contributed by atoms with Gasteiger partial charge in [-0.05, 0) is 41.8 Å². The zero-order chi connectivity index (χ0) is 15.3. The van der Waals surface area contributed by atoms with Crippen LogP contribution in [0.1, 0.15) is 16.7 Å². The third-order valence-electron chi connectivity index (χ3n) is 3.09. The van der Waals surface area contributed by atoms with Gasteiger partial charge in [0.2, 0.25) is 0 Å². The highest BCUT2D eigenvalue weighted by Gasteiger charge is 2.30. The monoisotopic (exact) mass is 313 g/mol. The van der Waals surface area contributed by atoms with Crippen molar-refractivity contribution in [2.24, 2.45) is 0 Å². The highest BCUT2D eigenvalue weighted by atomic mass is 35.5. The maximum atomic E-state index is 12.6. The van der Waals surface area contributed by atoms with E-state index in [0.717, 1.165) is 29.8 Å². The zero-order valence-corrected chi connectivity index (χ0v) is 12.0. The van der Waals surface area contributed by atoms with Gasteiger partial charge in [0.15, 0.2) is 0 Å². The van der Waals surface area contributed by atoms with Gasteiger partial charge >= 0.3 is 6.18 Å². The summed E-state index contributed by atoms with van der Waals surface area (Å²) >= 11 is 5.66. The van der Waals surface area contributed by atoms with Gasteiger partial charge in [0.25, 0.3) is 0 Å². The molecule has 0 aliphatic heterocycles. The van der Waals surface area contributed by atoms with E-state index in [4.69, 9.17) is 11.6 Å². The lowest BCUT2D eigenvalue weighted by molar-refractivity contribution is -0.137. The molecule has 0 aliphatic rings. The highest BCUT2D eigenvalue weighted by Crippen LogP contribution is 2.29. The van der Waals surface area contributed by atoms with Crippen molar-refractivity contribution in [3.8, 4) is 0 Å². The number of benzene rings is 2. The number of aryl methyl sites for hydroxylation is 1. The minimum atomic E-state index is -4.31. The van der Waals surface area contributed by atoms with Crippen LogP contribution in [0.25, 0.3) is 0 Å². The van der Waals surface area contributed by atoms with E-state index in [2.05, 4.69) is 5.32 Å². The fraction of sp³-hybridized carbons (Fsp3) is 0.250. The average molecular weight is 314 g/mol. The molecule has 0 bridgehead atoms. The fourth-order valence-electron chi connectivity index (χ4n) is 1.96. The van der Waals surface area contributed by atoms with Gasteiger partial charge in [-0.15, -0.1) is 11.6 Å². The molecule has 0 atom stereocenters. The number of anilines is 1. The van der Waals surface area contributed by atoms with E-state index in [1.54, 1.807) is 6.07 Å². The van der Waals surface area contributed by atoms with E-state index in [1.807, 2.05) is 24.3 Å². The molecule has 0 unspecified atom stereocenters. The van der Waals surface area contributed by atoms with E-state index in [-0.39, 0.29) is 0 Å². The molecule has 0 spiro atoms. The topological polar surface area (TPSA) is 12.0 Å². The Morgan fingerprint density at radius 2 is 1.67 bits per heavy atom. The van der Waals surface area contributed by atoms with Crippen LogP contribution in [0, 0.1) is 0 Å². The van der Waals surface area contributed by atoms with E-state index in [1.165, 1.54) is 6.07 Å². The van der Waals surface area contributed by atoms with Crippen molar-refractivity contribution in [1.29, 1.82) is 0 Å². The molecule has 2 aromatic rings. The minimum Gasteiger partial charge on any atom is -0.381 e. The summed E-state index contributed by atoms with van der Waals surface area (Å²) in [5, 5.41) is 3.11. The van der Waals surface area contributed by atoms with Crippen molar-refractivity contribution in [1.82, 2.24) is 0 Å². The fourth-order valence-corrected chi connectivity index (χ4v) is 2.18. The largest absolute Gasteiger partial charge is 0.416 e. The molecule has 1 nitrogen and oxygen atoms in total. The molecule has 0 radical (unpaired) electrons. The standard InChI is InChI=1S/C16H15ClF3N/c17-9-8-12-4-6-15(7-5-12)21-11-13-2-1-3-14(10-13)16(18,19)20/h1-7,10,21H,8-9,11H2. The second-order valence-electron chi connectivity index (χ2n) is 4.69. The third-order valence-corrected chi connectivity index (χ3v) is 3.28. The Morgan fingerprint density at radius 1 is 0.952 bits per heavy atom. The number of hydrogen-bond acceptors (Lipinski definition) is 1. The van der Waals surface area contributed by atoms with Crippen LogP contribution in [-0.2, 0) is 19.1 Å². The van der Waals surface area contributed by atoms with Crippen LogP contribution >= 0.6 is 11.6 Å². The first-order valence-electron chi connectivity index (χ1n) is 6.54. The summed E-state index contributed by atoms with van der Waals surface area (Å²) in [6.07, 6.45) is -3.51. The minimum absolute atomic E-state index is 0.346. The smallest absolute Gasteiger partial charge is 0.381 e. The first-order chi connectivity index (χ1) is 9.99. The number of hydrogen-bond donors (Lipinski definition) is 1. The van der Waals surface area contributed by atoms with Crippen LogP contribution < -0.4 is 5.32 Å². The van der Waals surface area contributed by atoms with Crippen molar-refractivity contribution in [2.75, 3.05) is 11.2 Å². The molecule has 0 heterocycles. The van der Waals surface area contributed by atoms with Gasteiger partial charge in [-0.1, -0.05) is 24.3 Å². The molecule has 21 heavy (non-hydrogen) atoms. The lowest BCUT2D eigenvalue weighted by atomic mass is 10.1. The number of halogens is 4. The molecule has 0 aliphatic carbocycles. The van der Waals surface area contributed by atoms with Gasteiger partial charge < -0.3 is 5.32 Å². The average Bonchev–Trinajstić information content (AvgIpc) is 2.46. The van der Waals surface area contributed by atoms with Crippen molar-refractivity contribution < 1.29 is 13.2 Å². The Kier molecular flexibility index (Phi) is 5.12. The third kappa shape index (κ3) is 4.67. The van der Waals surface area contributed by atoms with E-state index >= 15 is 0 Å².